The molecule has 3 saturated carbocycles. The average molecular weight is 351 g/mol. The zero-order valence-electron chi connectivity index (χ0n) is 14.7. The highest BCUT2D eigenvalue weighted by molar-refractivity contribution is 5.79. The quantitative estimate of drug-likeness (QED) is 0.837. The molecule has 25 heavy (non-hydrogen) atoms. The van der Waals surface area contributed by atoms with Gasteiger partial charge in [-0.05, 0) is 45.4 Å². The van der Waals surface area contributed by atoms with Gasteiger partial charge < -0.3 is 19.7 Å². The first-order valence-corrected chi connectivity index (χ1v) is 9.34. The lowest BCUT2D eigenvalue weighted by atomic mass is 9.56. The van der Waals surface area contributed by atoms with Crippen LogP contribution in [0.4, 0.5) is 4.39 Å². The minimum atomic E-state index is -1.08. The maximum atomic E-state index is 13.5. The van der Waals surface area contributed by atoms with Crippen molar-refractivity contribution in [2.24, 2.45) is 5.41 Å². The van der Waals surface area contributed by atoms with Gasteiger partial charge in [0.2, 0.25) is 5.91 Å². The first kappa shape index (κ1) is 17.2. The van der Waals surface area contributed by atoms with Gasteiger partial charge in [-0.25, -0.2) is 4.39 Å². The summed E-state index contributed by atoms with van der Waals surface area (Å²) < 4.78 is 25.0. The SMILES string of the molecule is CC1OC(C23CCC(NCC(=O)N4C[C@@H](F)C[C@H]4C#N)(CC2)CC3)O1. The molecule has 1 amide bonds. The van der Waals surface area contributed by atoms with E-state index >= 15 is 0 Å². The number of hydrogen-bond donors (Lipinski definition) is 1. The van der Waals surface area contributed by atoms with E-state index in [1.807, 2.05) is 13.0 Å². The van der Waals surface area contributed by atoms with Gasteiger partial charge in [-0.1, -0.05) is 0 Å². The number of carbonyl (C=O) groups excluding carboxylic acids is 1. The molecule has 0 aromatic carbocycles. The predicted octanol–water partition coefficient (Wildman–Crippen LogP) is 1.85. The van der Waals surface area contributed by atoms with Crippen LogP contribution in [0.15, 0.2) is 0 Å². The van der Waals surface area contributed by atoms with Gasteiger partial charge in [0.05, 0.1) is 19.2 Å². The summed E-state index contributed by atoms with van der Waals surface area (Å²) in [5.74, 6) is -0.164. The van der Waals surface area contributed by atoms with Crippen LogP contribution in [0.2, 0.25) is 0 Å². The molecule has 138 valence electrons. The molecule has 2 saturated heterocycles. The number of hydrogen-bond acceptors (Lipinski definition) is 5. The maximum Gasteiger partial charge on any atom is 0.237 e. The fraction of sp³-hybridized carbons (Fsp3) is 0.889. The van der Waals surface area contributed by atoms with E-state index in [0.29, 0.717) is 0 Å². The molecule has 3 aliphatic carbocycles. The van der Waals surface area contributed by atoms with E-state index in [-0.39, 0.29) is 49.0 Å². The van der Waals surface area contributed by atoms with Crippen LogP contribution in [-0.4, -0.2) is 54.2 Å². The number of halogens is 1. The molecule has 2 aliphatic heterocycles. The number of amides is 1. The Morgan fingerprint density at radius 1 is 1.28 bits per heavy atom. The Kier molecular flexibility index (Phi) is 4.25. The summed E-state index contributed by atoms with van der Waals surface area (Å²) >= 11 is 0. The summed E-state index contributed by atoms with van der Waals surface area (Å²) in [6, 6.07) is 1.41. The molecular formula is C18H26FN3O3. The van der Waals surface area contributed by atoms with Crippen LogP contribution >= 0.6 is 0 Å². The van der Waals surface area contributed by atoms with Gasteiger partial charge in [0.1, 0.15) is 12.2 Å². The number of likely N-dealkylation sites (tertiary alicyclic amines) is 1. The molecule has 1 N–H and O–H groups in total. The minimum Gasteiger partial charge on any atom is -0.323 e. The first-order chi connectivity index (χ1) is 12.0. The van der Waals surface area contributed by atoms with Crippen molar-refractivity contribution in [1.29, 1.82) is 5.26 Å². The van der Waals surface area contributed by atoms with Gasteiger partial charge in [0, 0.05) is 17.4 Å². The molecule has 6 nitrogen and oxygen atoms in total. The Morgan fingerprint density at radius 2 is 1.92 bits per heavy atom. The normalized spacial score (nSPS) is 45.9. The van der Waals surface area contributed by atoms with Crippen molar-refractivity contribution in [2.45, 2.75) is 82.2 Å². The topological polar surface area (TPSA) is 74.6 Å². The molecule has 2 heterocycles. The Bertz CT molecular complexity index is 562. The van der Waals surface area contributed by atoms with Gasteiger partial charge >= 0.3 is 0 Å². The van der Waals surface area contributed by atoms with Crippen molar-refractivity contribution in [3.63, 3.8) is 0 Å². The second-order valence-corrected chi connectivity index (χ2v) is 8.19. The van der Waals surface area contributed by atoms with Crippen LogP contribution in [0.1, 0.15) is 51.9 Å². The van der Waals surface area contributed by atoms with Crippen molar-refractivity contribution < 1.29 is 18.7 Å². The third-order valence-electron chi connectivity index (χ3n) is 6.77. The van der Waals surface area contributed by atoms with Crippen LogP contribution in [0, 0.1) is 16.7 Å². The summed E-state index contributed by atoms with van der Waals surface area (Å²) in [4.78, 5) is 13.8. The van der Waals surface area contributed by atoms with Crippen LogP contribution in [0.3, 0.4) is 0 Å². The summed E-state index contributed by atoms with van der Waals surface area (Å²) in [6.45, 7) is 2.15. The van der Waals surface area contributed by atoms with Crippen molar-refractivity contribution in [3.8, 4) is 6.07 Å². The molecule has 5 rings (SSSR count). The molecule has 7 heteroatoms. The number of alkyl halides is 1. The summed E-state index contributed by atoms with van der Waals surface area (Å²) in [5.41, 5.74) is 0.131. The van der Waals surface area contributed by atoms with Gasteiger partial charge in [-0.2, -0.15) is 5.26 Å². The Hall–Kier alpha value is -1.23. The molecular weight excluding hydrogens is 325 g/mol. The number of nitriles is 1. The van der Waals surface area contributed by atoms with Crippen molar-refractivity contribution in [1.82, 2.24) is 10.2 Å². The third-order valence-corrected chi connectivity index (χ3v) is 6.77. The summed E-state index contributed by atoms with van der Waals surface area (Å²) in [6.07, 6.45) is 5.05. The first-order valence-electron chi connectivity index (χ1n) is 9.34. The van der Waals surface area contributed by atoms with E-state index in [9.17, 15) is 9.18 Å². The van der Waals surface area contributed by atoms with Crippen molar-refractivity contribution >= 4 is 5.91 Å². The molecule has 0 unspecified atom stereocenters. The van der Waals surface area contributed by atoms with E-state index in [1.54, 1.807) is 0 Å². The van der Waals surface area contributed by atoms with Gasteiger partial charge in [0.25, 0.3) is 0 Å². The Balaban J connectivity index is 1.31. The third kappa shape index (κ3) is 2.94. The molecule has 0 aromatic rings. The summed E-state index contributed by atoms with van der Waals surface area (Å²) in [5, 5.41) is 12.6. The Morgan fingerprint density at radius 3 is 2.48 bits per heavy atom. The lowest BCUT2D eigenvalue weighted by Gasteiger charge is -2.58. The second-order valence-electron chi connectivity index (χ2n) is 8.19. The van der Waals surface area contributed by atoms with E-state index in [1.165, 1.54) is 4.90 Å². The average Bonchev–Trinajstić information content (AvgIpc) is 3.00. The molecule has 2 bridgehead atoms. The highest BCUT2D eigenvalue weighted by Gasteiger charge is 2.56. The molecule has 0 radical (unpaired) electrons. The van der Waals surface area contributed by atoms with Gasteiger partial charge in [-0.3, -0.25) is 4.79 Å². The molecule has 5 fully saturated rings. The minimum absolute atomic E-state index is 0.0102. The van der Waals surface area contributed by atoms with Gasteiger partial charge in [0.15, 0.2) is 12.6 Å². The number of ether oxygens (including phenoxy) is 2. The van der Waals surface area contributed by atoms with Crippen LogP contribution < -0.4 is 5.32 Å². The monoisotopic (exact) mass is 351 g/mol. The molecule has 5 aliphatic rings. The zero-order valence-corrected chi connectivity index (χ0v) is 14.7. The van der Waals surface area contributed by atoms with Crippen LogP contribution in [0.25, 0.3) is 0 Å². The maximum absolute atomic E-state index is 13.5. The lowest BCUT2D eigenvalue weighted by Crippen LogP contribution is -2.62. The lowest BCUT2D eigenvalue weighted by molar-refractivity contribution is -0.419. The second kappa shape index (κ2) is 6.19. The highest BCUT2D eigenvalue weighted by Crippen LogP contribution is 2.56. The zero-order chi connectivity index (χ0) is 17.7. The standard InChI is InChI=1S/C18H26FN3O3/c1-12-24-16(25-12)17-2-5-18(6-3-17,7-4-17)21-10-15(23)22-11-13(19)8-14(22)9-20/h12-14,16,21H,2-8,10-11H2,1H3/t12?,13-,14-,16?,17?,18?/m0/s1. The van der Waals surface area contributed by atoms with E-state index < -0.39 is 12.2 Å². The van der Waals surface area contributed by atoms with Crippen molar-refractivity contribution in [3.05, 3.63) is 0 Å². The summed E-state index contributed by atoms with van der Waals surface area (Å²) in [7, 11) is 0. The number of carbonyl (C=O) groups is 1. The van der Waals surface area contributed by atoms with Crippen molar-refractivity contribution in [2.75, 3.05) is 13.1 Å². The van der Waals surface area contributed by atoms with Crippen LogP contribution in [-0.2, 0) is 14.3 Å². The number of nitrogens with zero attached hydrogens (tertiary/aromatic N) is 2. The molecule has 2 atom stereocenters. The highest BCUT2D eigenvalue weighted by atomic mass is 19.1. The van der Waals surface area contributed by atoms with E-state index in [2.05, 4.69) is 5.32 Å². The fourth-order valence-corrected chi connectivity index (χ4v) is 5.03. The number of nitrogens with one attached hydrogen (secondary N) is 1. The smallest absolute Gasteiger partial charge is 0.237 e. The van der Waals surface area contributed by atoms with Gasteiger partial charge in [-0.15, -0.1) is 0 Å². The Labute approximate surface area is 147 Å². The fourth-order valence-electron chi connectivity index (χ4n) is 5.03. The number of rotatable bonds is 4. The predicted molar refractivity (Wildman–Crippen MR) is 86.9 cm³/mol. The number of fused-ring (bicyclic) bond motifs is 3. The largest absolute Gasteiger partial charge is 0.323 e. The van der Waals surface area contributed by atoms with E-state index in [0.717, 1.165) is 38.5 Å². The van der Waals surface area contributed by atoms with E-state index in [4.69, 9.17) is 14.7 Å². The molecule has 0 spiro atoms. The van der Waals surface area contributed by atoms with Crippen LogP contribution in [0.5, 0.6) is 0 Å². The molecule has 0 aromatic heterocycles.